The third kappa shape index (κ3) is 5.17. The standard InChI is InChI=1S/C29H30N4O3/c1-36-24-12-9-21(10-13-24)28(29(35)31-23-6-3-2-4-7-23)33-18-16-32(17-19-33)20-22-11-14-26(34)27-25(22)8-5-15-30-27/h2-15,28,34H,16-20H2,1H3,(H,31,35). The van der Waals surface area contributed by atoms with Crippen LogP contribution in [0.2, 0.25) is 0 Å². The van der Waals surface area contributed by atoms with Gasteiger partial charge in [-0.2, -0.15) is 0 Å². The van der Waals surface area contributed by atoms with Crippen molar-refractivity contribution in [2.45, 2.75) is 12.6 Å². The van der Waals surface area contributed by atoms with Gasteiger partial charge in [0.25, 0.3) is 0 Å². The average Bonchev–Trinajstić information content (AvgIpc) is 2.92. The lowest BCUT2D eigenvalue weighted by atomic mass is 10.0. The highest BCUT2D eigenvalue weighted by atomic mass is 16.5. The van der Waals surface area contributed by atoms with Crippen LogP contribution in [0, 0.1) is 0 Å². The molecule has 0 saturated carbocycles. The molecule has 2 heterocycles. The second-order valence-corrected chi connectivity index (χ2v) is 8.99. The molecule has 184 valence electrons. The molecule has 4 aromatic rings. The van der Waals surface area contributed by atoms with Crippen LogP contribution in [0.1, 0.15) is 17.2 Å². The molecule has 1 unspecified atom stereocenters. The summed E-state index contributed by atoms with van der Waals surface area (Å²) >= 11 is 0. The van der Waals surface area contributed by atoms with Crippen LogP contribution in [0.15, 0.2) is 85.1 Å². The Labute approximate surface area is 210 Å². The molecule has 1 aromatic heterocycles. The van der Waals surface area contributed by atoms with Gasteiger partial charge in [0.2, 0.25) is 5.91 Å². The van der Waals surface area contributed by atoms with Crippen LogP contribution >= 0.6 is 0 Å². The van der Waals surface area contributed by atoms with E-state index in [-0.39, 0.29) is 11.7 Å². The predicted molar refractivity (Wildman–Crippen MR) is 141 cm³/mol. The van der Waals surface area contributed by atoms with Crippen LogP contribution in [0.25, 0.3) is 10.9 Å². The van der Waals surface area contributed by atoms with Gasteiger partial charge < -0.3 is 15.2 Å². The molecular formula is C29H30N4O3. The van der Waals surface area contributed by atoms with Crippen molar-refractivity contribution >= 4 is 22.5 Å². The first-order chi connectivity index (χ1) is 17.6. The zero-order valence-electron chi connectivity index (χ0n) is 20.3. The number of benzene rings is 3. The van der Waals surface area contributed by atoms with Gasteiger partial charge in [-0.3, -0.25) is 19.6 Å². The number of amides is 1. The fraction of sp³-hybridized carbons (Fsp3) is 0.241. The van der Waals surface area contributed by atoms with Crippen LogP contribution in [-0.2, 0) is 11.3 Å². The summed E-state index contributed by atoms with van der Waals surface area (Å²) in [6.45, 7) is 3.93. The maximum atomic E-state index is 13.5. The highest BCUT2D eigenvalue weighted by molar-refractivity contribution is 5.95. The van der Waals surface area contributed by atoms with E-state index in [4.69, 9.17) is 4.74 Å². The van der Waals surface area contributed by atoms with Crippen molar-refractivity contribution in [1.82, 2.24) is 14.8 Å². The Morgan fingerprint density at radius 2 is 1.72 bits per heavy atom. The molecule has 2 N–H and O–H groups in total. The lowest BCUT2D eigenvalue weighted by Gasteiger charge is -2.39. The lowest BCUT2D eigenvalue weighted by Crippen LogP contribution is -2.49. The summed E-state index contributed by atoms with van der Waals surface area (Å²) in [5.41, 5.74) is 3.49. The van der Waals surface area contributed by atoms with Gasteiger partial charge in [-0.15, -0.1) is 0 Å². The Hall–Kier alpha value is -3.94. The molecule has 1 amide bonds. The molecule has 1 atom stereocenters. The van der Waals surface area contributed by atoms with Gasteiger partial charge in [-0.25, -0.2) is 0 Å². The monoisotopic (exact) mass is 482 g/mol. The number of carbonyl (C=O) groups excluding carboxylic acids is 1. The molecule has 1 aliphatic rings. The lowest BCUT2D eigenvalue weighted by molar-refractivity contribution is -0.122. The summed E-state index contributed by atoms with van der Waals surface area (Å²) in [6, 6.07) is 24.5. The van der Waals surface area contributed by atoms with E-state index in [0.717, 1.165) is 60.7 Å². The SMILES string of the molecule is COc1ccc(C(C(=O)Nc2ccccc2)N2CCN(Cc3ccc(O)c4ncccc34)CC2)cc1. The van der Waals surface area contributed by atoms with E-state index >= 15 is 0 Å². The average molecular weight is 483 g/mol. The number of anilines is 1. The molecule has 0 bridgehead atoms. The summed E-state index contributed by atoms with van der Waals surface area (Å²) in [5, 5.41) is 14.2. The van der Waals surface area contributed by atoms with Gasteiger partial charge in [-0.05, 0) is 47.5 Å². The second-order valence-electron chi connectivity index (χ2n) is 8.99. The second kappa shape index (κ2) is 10.8. The fourth-order valence-electron chi connectivity index (χ4n) is 4.82. The van der Waals surface area contributed by atoms with Crippen molar-refractivity contribution < 1.29 is 14.6 Å². The first-order valence-electron chi connectivity index (χ1n) is 12.1. The number of hydrogen-bond acceptors (Lipinski definition) is 6. The number of phenolic OH excluding ortho intramolecular Hbond substituents is 1. The maximum Gasteiger partial charge on any atom is 0.246 e. The number of fused-ring (bicyclic) bond motifs is 1. The third-order valence-electron chi connectivity index (χ3n) is 6.73. The molecule has 1 saturated heterocycles. The zero-order valence-corrected chi connectivity index (χ0v) is 20.3. The highest BCUT2D eigenvalue weighted by Crippen LogP contribution is 2.29. The number of piperazine rings is 1. The zero-order chi connectivity index (χ0) is 24.9. The van der Waals surface area contributed by atoms with Gasteiger partial charge in [-0.1, -0.05) is 42.5 Å². The van der Waals surface area contributed by atoms with Crippen molar-refractivity contribution in [3.63, 3.8) is 0 Å². The fourth-order valence-corrected chi connectivity index (χ4v) is 4.82. The molecule has 0 spiro atoms. The maximum absolute atomic E-state index is 13.5. The van der Waals surface area contributed by atoms with Crippen molar-refractivity contribution in [2.75, 3.05) is 38.6 Å². The Bertz CT molecular complexity index is 1320. The number of rotatable bonds is 7. The first kappa shape index (κ1) is 23.8. The van der Waals surface area contributed by atoms with Gasteiger partial charge in [0.15, 0.2) is 0 Å². The molecule has 0 radical (unpaired) electrons. The van der Waals surface area contributed by atoms with Crippen LogP contribution in [0.5, 0.6) is 11.5 Å². The Morgan fingerprint density at radius 1 is 0.972 bits per heavy atom. The minimum atomic E-state index is -0.406. The molecule has 0 aliphatic carbocycles. The van der Waals surface area contributed by atoms with E-state index in [9.17, 15) is 9.90 Å². The molecule has 1 fully saturated rings. The van der Waals surface area contributed by atoms with Crippen LogP contribution in [-0.4, -0.2) is 59.1 Å². The number of methoxy groups -OCH3 is 1. The summed E-state index contributed by atoms with van der Waals surface area (Å²) < 4.78 is 5.32. The Kier molecular flexibility index (Phi) is 7.11. The van der Waals surface area contributed by atoms with Crippen LogP contribution < -0.4 is 10.1 Å². The number of para-hydroxylation sites is 1. The van der Waals surface area contributed by atoms with E-state index in [0.29, 0.717) is 5.52 Å². The highest BCUT2D eigenvalue weighted by Gasteiger charge is 2.31. The molecular weight excluding hydrogens is 452 g/mol. The number of aromatic nitrogens is 1. The van der Waals surface area contributed by atoms with Gasteiger partial charge >= 0.3 is 0 Å². The molecule has 36 heavy (non-hydrogen) atoms. The summed E-state index contributed by atoms with van der Waals surface area (Å²) in [7, 11) is 1.64. The van der Waals surface area contributed by atoms with Gasteiger partial charge in [0.1, 0.15) is 23.1 Å². The van der Waals surface area contributed by atoms with Gasteiger partial charge in [0.05, 0.1) is 7.11 Å². The van der Waals surface area contributed by atoms with Crippen molar-refractivity contribution in [2.24, 2.45) is 0 Å². The van der Waals surface area contributed by atoms with Gasteiger partial charge in [0, 0.05) is 50.0 Å². The third-order valence-corrected chi connectivity index (χ3v) is 6.73. The van der Waals surface area contributed by atoms with Crippen molar-refractivity contribution in [3.8, 4) is 11.5 Å². The van der Waals surface area contributed by atoms with E-state index in [1.165, 1.54) is 0 Å². The molecule has 5 rings (SSSR count). The van der Waals surface area contributed by atoms with Crippen molar-refractivity contribution in [3.05, 3.63) is 96.2 Å². The topological polar surface area (TPSA) is 77.9 Å². The number of hydrogen-bond donors (Lipinski definition) is 2. The number of aromatic hydroxyl groups is 1. The number of nitrogens with one attached hydrogen (secondary N) is 1. The van der Waals surface area contributed by atoms with E-state index in [2.05, 4.69) is 20.1 Å². The van der Waals surface area contributed by atoms with E-state index in [1.807, 2.05) is 72.8 Å². The summed E-state index contributed by atoms with van der Waals surface area (Å²) in [6.07, 6.45) is 1.70. The largest absolute Gasteiger partial charge is 0.506 e. The van der Waals surface area contributed by atoms with Crippen molar-refractivity contribution in [1.29, 1.82) is 0 Å². The molecule has 7 heteroatoms. The summed E-state index contributed by atoms with van der Waals surface area (Å²) in [4.78, 5) is 22.5. The molecule has 7 nitrogen and oxygen atoms in total. The molecule has 3 aromatic carbocycles. The number of carbonyl (C=O) groups is 1. The summed E-state index contributed by atoms with van der Waals surface area (Å²) in [5.74, 6) is 0.919. The van der Waals surface area contributed by atoms with E-state index < -0.39 is 6.04 Å². The quantitative estimate of drug-likeness (QED) is 0.405. The Balaban J connectivity index is 1.32. The normalized spacial score (nSPS) is 15.5. The minimum absolute atomic E-state index is 0.0459. The predicted octanol–water partition coefficient (Wildman–Crippen LogP) is 4.45. The minimum Gasteiger partial charge on any atom is -0.506 e. The Morgan fingerprint density at radius 3 is 2.44 bits per heavy atom. The molecule has 1 aliphatic heterocycles. The van der Waals surface area contributed by atoms with E-state index in [1.54, 1.807) is 19.4 Å². The number of ether oxygens (including phenoxy) is 1. The van der Waals surface area contributed by atoms with Crippen LogP contribution in [0.3, 0.4) is 0 Å². The smallest absolute Gasteiger partial charge is 0.246 e. The van der Waals surface area contributed by atoms with Crippen LogP contribution in [0.4, 0.5) is 5.69 Å². The first-order valence-corrected chi connectivity index (χ1v) is 12.1. The number of phenols is 1. The number of pyridine rings is 1. The number of nitrogens with zero attached hydrogens (tertiary/aromatic N) is 3.